The molecule has 2 heterocycles. The van der Waals surface area contributed by atoms with Crippen molar-refractivity contribution in [3.8, 4) is 0 Å². The van der Waals surface area contributed by atoms with Crippen LogP contribution in [0, 0.1) is 11.6 Å². The number of fused-ring (bicyclic) bond motifs is 2. The molecule has 8 heteroatoms. The van der Waals surface area contributed by atoms with Gasteiger partial charge in [-0.15, -0.1) is 0 Å². The van der Waals surface area contributed by atoms with Crippen LogP contribution in [0.25, 0.3) is 21.0 Å². The Labute approximate surface area is 188 Å². The summed E-state index contributed by atoms with van der Waals surface area (Å²) in [4.78, 5) is 21.4. The third-order valence-corrected chi connectivity index (χ3v) is 6.86. The maximum absolute atomic E-state index is 13.9. The van der Waals surface area contributed by atoms with Gasteiger partial charge in [0.05, 0.1) is 4.70 Å². The molecule has 1 aromatic heterocycles. The quantitative estimate of drug-likeness (QED) is 0.491. The Bertz CT molecular complexity index is 1280. The van der Waals surface area contributed by atoms with Gasteiger partial charge in [0.2, 0.25) is 0 Å². The number of anilines is 1. The summed E-state index contributed by atoms with van der Waals surface area (Å²) in [7, 11) is 0. The van der Waals surface area contributed by atoms with Crippen molar-refractivity contribution in [3.63, 3.8) is 0 Å². The van der Waals surface area contributed by atoms with Gasteiger partial charge >= 0.3 is 0 Å². The first-order chi connectivity index (χ1) is 15.6. The van der Waals surface area contributed by atoms with E-state index in [0.717, 1.165) is 49.6 Å². The normalized spacial score (nSPS) is 14.9. The van der Waals surface area contributed by atoms with Crippen LogP contribution in [0.3, 0.4) is 0 Å². The van der Waals surface area contributed by atoms with Crippen LogP contribution in [0.4, 0.5) is 13.9 Å². The SMILES string of the molecule is O=C(NCCN1CCN(c2nc3c(F)cc(F)cc3s2)CC1)c1cccc2ccccc12. The smallest absolute Gasteiger partial charge is 0.251 e. The summed E-state index contributed by atoms with van der Waals surface area (Å²) in [5.41, 5.74) is 0.914. The molecule has 0 unspecified atom stereocenters. The van der Waals surface area contributed by atoms with Gasteiger partial charge in [0.15, 0.2) is 10.9 Å². The van der Waals surface area contributed by atoms with Crippen LogP contribution < -0.4 is 10.2 Å². The van der Waals surface area contributed by atoms with Gasteiger partial charge in [-0.2, -0.15) is 0 Å². The maximum Gasteiger partial charge on any atom is 0.251 e. The minimum Gasteiger partial charge on any atom is -0.351 e. The van der Waals surface area contributed by atoms with Gasteiger partial charge in [0, 0.05) is 50.9 Å². The van der Waals surface area contributed by atoms with Gasteiger partial charge in [-0.1, -0.05) is 47.7 Å². The number of piperazine rings is 1. The molecule has 5 nitrogen and oxygen atoms in total. The molecule has 164 valence electrons. The van der Waals surface area contributed by atoms with Crippen LogP contribution in [-0.2, 0) is 0 Å². The van der Waals surface area contributed by atoms with E-state index in [1.165, 1.54) is 17.4 Å². The average Bonchev–Trinajstić information content (AvgIpc) is 3.23. The third kappa shape index (κ3) is 4.16. The molecule has 1 saturated heterocycles. The molecule has 0 radical (unpaired) electrons. The Morgan fingerprint density at radius 3 is 2.66 bits per heavy atom. The standard InChI is InChI=1S/C24H22F2N4OS/c25-17-14-20(26)22-21(15-17)32-24(28-22)30-12-10-29(11-13-30)9-8-27-23(31)19-7-3-5-16-4-1-2-6-18(16)19/h1-7,14-15H,8-13H2,(H,27,31). The highest BCUT2D eigenvalue weighted by atomic mass is 32.1. The number of amides is 1. The number of nitrogens with one attached hydrogen (secondary N) is 1. The first kappa shape index (κ1) is 20.8. The van der Waals surface area contributed by atoms with Crippen molar-refractivity contribution in [1.82, 2.24) is 15.2 Å². The minimum absolute atomic E-state index is 0.0656. The Morgan fingerprint density at radius 1 is 1.03 bits per heavy atom. The van der Waals surface area contributed by atoms with E-state index in [1.807, 2.05) is 42.5 Å². The van der Waals surface area contributed by atoms with Crippen LogP contribution in [0.15, 0.2) is 54.6 Å². The molecule has 1 aliphatic rings. The van der Waals surface area contributed by atoms with Gasteiger partial charge in [-0.3, -0.25) is 9.69 Å². The highest BCUT2D eigenvalue weighted by molar-refractivity contribution is 7.22. The zero-order chi connectivity index (χ0) is 22.1. The summed E-state index contributed by atoms with van der Waals surface area (Å²) < 4.78 is 27.9. The van der Waals surface area contributed by atoms with Crippen molar-refractivity contribution in [2.75, 3.05) is 44.2 Å². The van der Waals surface area contributed by atoms with Gasteiger partial charge in [-0.25, -0.2) is 13.8 Å². The van der Waals surface area contributed by atoms with Crippen molar-refractivity contribution in [2.24, 2.45) is 0 Å². The molecule has 5 rings (SSSR count). The fourth-order valence-corrected chi connectivity index (χ4v) is 5.15. The van der Waals surface area contributed by atoms with Crippen LogP contribution in [0.1, 0.15) is 10.4 Å². The number of rotatable bonds is 5. The lowest BCUT2D eigenvalue weighted by atomic mass is 10.0. The molecular formula is C24H22F2N4OS. The lowest BCUT2D eigenvalue weighted by Gasteiger charge is -2.34. The molecule has 0 aliphatic carbocycles. The number of nitrogens with zero attached hydrogens (tertiary/aromatic N) is 3. The molecule has 1 aliphatic heterocycles. The first-order valence-electron chi connectivity index (χ1n) is 10.6. The zero-order valence-corrected chi connectivity index (χ0v) is 18.2. The molecule has 0 saturated carbocycles. The predicted octanol–water partition coefficient (Wildman–Crippen LogP) is 4.28. The number of hydrogen-bond acceptors (Lipinski definition) is 5. The van der Waals surface area contributed by atoms with Crippen LogP contribution >= 0.6 is 11.3 Å². The van der Waals surface area contributed by atoms with E-state index < -0.39 is 11.6 Å². The molecule has 3 aromatic carbocycles. The third-order valence-electron chi connectivity index (χ3n) is 5.79. The Hall–Kier alpha value is -3.10. The summed E-state index contributed by atoms with van der Waals surface area (Å²) in [5, 5.41) is 5.75. The Morgan fingerprint density at radius 2 is 1.81 bits per heavy atom. The lowest BCUT2D eigenvalue weighted by molar-refractivity contribution is 0.0949. The minimum atomic E-state index is -0.622. The van der Waals surface area contributed by atoms with E-state index in [9.17, 15) is 13.6 Å². The number of carbonyl (C=O) groups is 1. The fraction of sp³-hybridized carbons (Fsp3) is 0.250. The second-order valence-electron chi connectivity index (χ2n) is 7.84. The van der Waals surface area contributed by atoms with E-state index in [-0.39, 0.29) is 11.4 Å². The molecule has 0 atom stereocenters. The van der Waals surface area contributed by atoms with Crippen molar-refractivity contribution in [3.05, 3.63) is 71.8 Å². The molecular weight excluding hydrogens is 430 g/mol. The Balaban J connectivity index is 1.15. The first-order valence-corrected chi connectivity index (χ1v) is 11.4. The molecule has 1 fully saturated rings. The largest absolute Gasteiger partial charge is 0.351 e. The molecule has 32 heavy (non-hydrogen) atoms. The molecule has 0 spiro atoms. The van der Waals surface area contributed by atoms with Crippen molar-refractivity contribution in [2.45, 2.75) is 0 Å². The number of hydrogen-bond donors (Lipinski definition) is 1. The summed E-state index contributed by atoms with van der Waals surface area (Å²) in [6, 6.07) is 15.8. The summed E-state index contributed by atoms with van der Waals surface area (Å²) in [6.45, 7) is 4.45. The summed E-state index contributed by atoms with van der Waals surface area (Å²) >= 11 is 1.31. The van der Waals surface area contributed by atoms with E-state index in [0.29, 0.717) is 21.9 Å². The topological polar surface area (TPSA) is 48.5 Å². The van der Waals surface area contributed by atoms with Crippen LogP contribution in [0.2, 0.25) is 0 Å². The van der Waals surface area contributed by atoms with E-state index in [2.05, 4.69) is 20.1 Å². The summed E-state index contributed by atoms with van der Waals surface area (Å²) in [6.07, 6.45) is 0. The van der Waals surface area contributed by atoms with Crippen LogP contribution in [-0.4, -0.2) is 55.1 Å². The molecule has 0 bridgehead atoms. The van der Waals surface area contributed by atoms with Crippen LogP contribution in [0.5, 0.6) is 0 Å². The van der Waals surface area contributed by atoms with Gasteiger partial charge in [0.25, 0.3) is 5.91 Å². The average molecular weight is 453 g/mol. The van der Waals surface area contributed by atoms with E-state index in [1.54, 1.807) is 0 Å². The second-order valence-corrected chi connectivity index (χ2v) is 8.85. The highest BCUT2D eigenvalue weighted by Crippen LogP contribution is 2.31. The van der Waals surface area contributed by atoms with Gasteiger partial charge in [-0.05, 0) is 22.9 Å². The molecule has 4 aromatic rings. The number of aromatic nitrogens is 1. The van der Waals surface area contributed by atoms with Gasteiger partial charge in [0.1, 0.15) is 11.3 Å². The highest BCUT2D eigenvalue weighted by Gasteiger charge is 2.21. The Kier molecular flexibility index (Phi) is 5.71. The van der Waals surface area contributed by atoms with Crippen molar-refractivity contribution < 1.29 is 13.6 Å². The van der Waals surface area contributed by atoms with E-state index >= 15 is 0 Å². The maximum atomic E-state index is 13.9. The monoisotopic (exact) mass is 452 g/mol. The fourth-order valence-electron chi connectivity index (χ4n) is 4.09. The van der Waals surface area contributed by atoms with E-state index in [4.69, 9.17) is 0 Å². The van der Waals surface area contributed by atoms with Crippen molar-refractivity contribution >= 4 is 43.4 Å². The zero-order valence-electron chi connectivity index (χ0n) is 17.4. The lowest BCUT2D eigenvalue weighted by Crippen LogP contribution is -2.48. The molecule has 1 amide bonds. The number of thiazole rings is 1. The number of halogens is 2. The van der Waals surface area contributed by atoms with Gasteiger partial charge < -0.3 is 10.2 Å². The number of benzene rings is 3. The number of carbonyl (C=O) groups excluding carboxylic acids is 1. The van der Waals surface area contributed by atoms with Crippen molar-refractivity contribution in [1.29, 1.82) is 0 Å². The summed E-state index contributed by atoms with van der Waals surface area (Å²) in [5.74, 6) is -1.27. The predicted molar refractivity (Wildman–Crippen MR) is 124 cm³/mol. The second kappa shape index (κ2) is 8.80. The molecule has 1 N–H and O–H groups in total.